The number of amides is 3. The van der Waals surface area contributed by atoms with Gasteiger partial charge in [-0.1, -0.05) is 12.1 Å². The molecule has 0 radical (unpaired) electrons. The lowest BCUT2D eigenvalue weighted by molar-refractivity contribution is -0.114. The Morgan fingerprint density at radius 3 is 2.04 bits per heavy atom. The van der Waals surface area contributed by atoms with Crippen LogP contribution in [0.4, 0.5) is 16.2 Å². The van der Waals surface area contributed by atoms with Gasteiger partial charge in [0.1, 0.15) is 0 Å². The van der Waals surface area contributed by atoms with Gasteiger partial charge in [-0.25, -0.2) is 4.79 Å². The molecule has 0 bridgehead atoms. The normalized spacial score (nSPS) is 14.2. The van der Waals surface area contributed by atoms with Gasteiger partial charge in [0.05, 0.1) is 11.6 Å². The summed E-state index contributed by atoms with van der Waals surface area (Å²) in [6, 6.07) is 16.7. The third-order valence-corrected chi connectivity index (χ3v) is 4.61. The van der Waals surface area contributed by atoms with Crippen molar-refractivity contribution in [1.29, 1.82) is 5.26 Å². The van der Waals surface area contributed by atoms with E-state index >= 15 is 0 Å². The molecule has 0 atom stereocenters. The van der Waals surface area contributed by atoms with Crippen molar-refractivity contribution in [1.82, 2.24) is 9.80 Å². The molecule has 2 aromatic carbocycles. The first-order chi connectivity index (χ1) is 13.5. The van der Waals surface area contributed by atoms with Gasteiger partial charge in [-0.05, 0) is 42.0 Å². The molecule has 28 heavy (non-hydrogen) atoms. The zero-order valence-corrected chi connectivity index (χ0v) is 15.8. The standard InChI is InChI=1S/C21H23N5O2/c1-16(27)23-19-6-8-20(9-7-19)24-21(28)26-12-10-25(11-13-26)15-18-4-2-17(14-22)3-5-18/h2-9H,10-13,15H2,1H3,(H,23,27)(H,24,28). The second kappa shape index (κ2) is 9.02. The summed E-state index contributed by atoms with van der Waals surface area (Å²) in [5, 5.41) is 14.5. The van der Waals surface area contributed by atoms with Crippen molar-refractivity contribution in [3.63, 3.8) is 0 Å². The van der Waals surface area contributed by atoms with Gasteiger partial charge in [-0.15, -0.1) is 0 Å². The van der Waals surface area contributed by atoms with Crippen LogP contribution in [0.1, 0.15) is 18.1 Å². The molecule has 3 rings (SSSR count). The highest BCUT2D eigenvalue weighted by Gasteiger charge is 2.21. The van der Waals surface area contributed by atoms with Crippen LogP contribution >= 0.6 is 0 Å². The van der Waals surface area contributed by atoms with E-state index in [-0.39, 0.29) is 11.9 Å². The number of anilines is 2. The molecule has 0 saturated carbocycles. The predicted octanol–water partition coefficient (Wildman–Crippen LogP) is 2.87. The molecule has 0 aromatic heterocycles. The topological polar surface area (TPSA) is 88.5 Å². The van der Waals surface area contributed by atoms with Crippen molar-refractivity contribution in [2.45, 2.75) is 13.5 Å². The first-order valence-corrected chi connectivity index (χ1v) is 9.18. The minimum Gasteiger partial charge on any atom is -0.326 e. The Kier molecular flexibility index (Phi) is 6.25. The molecule has 7 heteroatoms. The Hall–Kier alpha value is -3.37. The van der Waals surface area contributed by atoms with E-state index in [9.17, 15) is 9.59 Å². The fourth-order valence-corrected chi connectivity index (χ4v) is 3.09. The fraction of sp³-hybridized carbons (Fsp3) is 0.286. The van der Waals surface area contributed by atoms with Crippen molar-refractivity contribution in [2.24, 2.45) is 0 Å². The number of piperazine rings is 1. The van der Waals surface area contributed by atoms with E-state index < -0.39 is 0 Å². The van der Waals surface area contributed by atoms with E-state index in [2.05, 4.69) is 21.6 Å². The summed E-state index contributed by atoms with van der Waals surface area (Å²) < 4.78 is 0. The number of carbonyl (C=O) groups is 2. The number of nitrogens with one attached hydrogen (secondary N) is 2. The summed E-state index contributed by atoms with van der Waals surface area (Å²) in [5.41, 5.74) is 3.22. The zero-order valence-electron chi connectivity index (χ0n) is 15.8. The van der Waals surface area contributed by atoms with Gasteiger partial charge in [-0.3, -0.25) is 9.69 Å². The number of benzene rings is 2. The minimum atomic E-state index is -0.129. The van der Waals surface area contributed by atoms with Gasteiger partial charge >= 0.3 is 6.03 Å². The average molecular weight is 377 g/mol. The molecule has 1 saturated heterocycles. The molecule has 1 fully saturated rings. The maximum Gasteiger partial charge on any atom is 0.321 e. The summed E-state index contributed by atoms with van der Waals surface area (Å²) in [6.07, 6.45) is 0. The van der Waals surface area contributed by atoms with E-state index in [1.54, 1.807) is 29.2 Å². The lowest BCUT2D eigenvalue weighted by atomic mass is 10.1. The molecule has 1 aliphatic heterocycles. The lowest BCUT2D eigenvalue weighted by Crippen LogP contribution is -2.49. The van der Waals surface area contributed by atoms with E-state index in [0.29, 0.717) is 30.0 Å². The van der Waals surface area contributed by atoms with Crippen molar-refractivity contribution >= 4 is 23.3 Å². The van der Waals surface area contributed by atoms with Crippen LogP contribution in [-0.2, 0) is 11.3 Å². The maximum absolute atomic E-state index is 12.5. The van der Waals surface area contributed by atoms with Gasteiger partial charge < -0.3 is 15.5 Å². The van der Waals surface area contributed by atoms with E-state index in [0.717, 1.165) is 25.2 Å². The molecule has 1 aliphatic rings. The van der Waals surface area contributed by atoms with Crippen molar-refractivity contribution < 1.29 is 9.59 Å². The van der Waals surface area contributed by atoms with Gasteiger partial charge in [0, 0.05) is 51.0 Å². The Labute approximate surface area is 164 Å². The SMILES string of the molecule is CC(=O)Nc1ccc(NC(=O)N2CCN(Cc3ccc(C#N)cc3)CC2)cc1. The van der Waals surface area contributed by atoms with E-state index in [4.69, 9.17) is 5.26 Å². The summed E-state index contributed by atoms with van der Waals surface area (Å²) in [5.74, 6) is -0.129. The molecule has 0 aliphatic carbocycles. The number of rotatable bonds is 4. The van der Waals surface area contributed by atoms with Crippen LogP contribution in [0.25, 0.3) is 0 Å². The summed E-state index contributed by atoms with van der Waals surface area (Å²) in [7, 11) is 0. The lowest BCUT2D eigenvalue weighted by Gasteiger charge is -2.34. The highest BCUT2D eigenvalue weighted by Crippen LogP contribution is 2.15. The van der Waals surface area contributed by atoms with E-state index in [1.807, 2.05) is 24.3 Å². The molecule has 7 nitrogen and oxygen atoms in total. The summed E-state index contributed by atoms with van der Waals surface area (Å²) in [4.78, 5) is 27.6. The summed E-state index contributed by atoms with van der Waals surface area (Å²) in [6.45, 7) is 5.18. The van der Waals surface area contributed by atoms with Crippen molar-refractivity contribution in [3.8, 4) is 6.07 Å². The Bertz CT molecular complexity index is 863. The van der Waals surface area contributed by atoms with Gasteiger partial charge in [0.25, 0.3) is 0 Å². The van der Waals surface area contributed by atoms with Crippen molar-refractivity contribution in [3.05, 3.63) is 59.7 Å². The second-order valence-corrected chi connectivity index (χ2v) is 6.76. The Morgan fingerprint density at radius 1 is 0.929 bits per heavy atom. The van der Waals surface area contributed by atoms with Crippen LogP contribution in [0.15, 0.2) is 48.5 Å². The maximum atomic E-state index is 12.5. The molecule has 0 spiro atoms. The van der Waals surface area contributed by atoms with Crippen LogP contribution in [0, 0.1) is 11.3 Å². The van der Waals surface area contributed by atoms with Gasteiger partial charge in [0.2, 0.25) is 5.91 Å². The van der Waals surface area contributed by atoms with E-state index in [1.165, 1.54) is 6.92 Å². The first kappa shape index (κ1) is 19.4. The minimum absolute atomic E-state index is 0.120. The number of carbonyl (C=O) groups excluding carboxylic acids is 2. The van der Waals surface area contributed by atoms with Crippen LogP contribution in [0.2, 0.25) is 0 Å². The predicted molar refractivity (Wildman–Crippen MR) is 108 cm³/mol. The molecule has 3 amide bonds. The third kappa shape index (κ3) is 5.32. The largest absolute Gasteiger partial charge is 0.326 e. The number of nitriles is 1. The molecule has 1 heterocycles. The number of hydrogen-bond acceptors (Lipinski definition) is 4. The van der Waals surface area contributed by atoms with Crippen LogP contribution in [0.5, 0.6) is 0 Å². The molecule has 0 unspecified atom stereocenters. The highest BCUT2D eigenvalue weighted by atomic mass is 16.2. The molecule has 144 valence electrons. The number of hydrogen-bond donors (Lipinski definition) is 2. The van der Waals surface area contributed by atoms with Crippen LogP contribution in [-0.4, -0.2) is 47.9 Å². The Morgan fingerprint density at radius 2 is 1.50 bits per heavy atom. The Balaban J connectivity index is 1.46. The first-order valence-electron chi connectivity index (χ1n) is 9.18. The number of urea groups is 1. The quantitative estimate of drug-likeness (QED) is 0.857. The second-order valence-electron chi connectivity index (χ2n) is 6.76. The zero-order chi connectivity index (χ0) is 19.9. The highest BCUT2D eigenvalue weighted by molar-refractivity contribution is 5.91. The molecular weight excluding hydrogens is 354 g/mol. The third-order valence-electron chi connectivity index (χ3n) is 4.61. The van der Waals surface area contributed by atoms with Gasteiger partial charge in [-0.2, -0.15) is 5.26 Å². The molecule has 2 aromatic rings. The summed E-state index contributed by atoms with van der Waals surface area (Å²) >= 11 is 0. The monoisotopic (exact) mass is 377 g/mol. The smallest absolute Gasteiger partial charge is 0.321 e. The van der Waals surface area contributed by atoms with Crippen LogP contribution in [0.3, 0.4) is 0 Å². The van der Waals surface area contributed by atoms with Crippen LogP contribution < -0.4 is 10.6 Å². The number of nitrogens with zero attached hydrogens (tertiary/aromatic N) is 3. The average Bonchev–Trinajstić information content (AvgIpc) is 2.70. The molecular formula is C21H23N5O2. The van der Waals surface area contributed by atoms with Crippen molar-refractivity contribution in [2.75, 3.05) is 36.8 Å². The fourth-order valence-electron chi connectivity index (χ4n) is 3.09. The molecule has 2 N–H and O–H groups in total. The van der Waals surface area contributed by atoms with Gasteiger partial charge in [0.15, 0.2) is 0 Å².